The highest BCUT2D eigenvalue weighted by Gasteiger charge is 2.48. The highest BCUT2D eigenvalue weighted by molar-refractivity contribution is 5.96. The Balaban J connectivity index is 1.29. The van der Waals surface area contributed by atoms with E-state index in [0.29, 0.717) is 54.8 Å². The van der Waals surface area contributed by atoms with Crippen molar-refractivity contribution in [2.75, 3.05) is 6.61 Å². The van der Waals surface area contributed by atoms with Crippen molar-refractivity contribution in [2.45, 2.75) is 83.2 Å². The summed E-state index contributed by atoms with van der Waals surface area (Å²) in [5.41, 5.74) is 0.539. The molecule has 6 nitrogen and oxygen atoms in total. The molecule has 1 aromatic rings. The first kappa shape index (κ1) is 19.9. The molecule has 5 saturated carbocycles. The maximum atomic E-state index is 13.3. The van der Waals surface area contributed by atoms with Gasteiger partial charge in [0.1, 0.15) is 5.56 Å². The Morgan fingerprint density at radius 2 is 1.83 bits per heavy atom. The van der Waals surface area contributed by atoms with E-state index in [1.54, 1.807) is 10.9 Å². The van der Waals surface area contributed by atoms with Gasteiger partial charge in [-0.25, -0.2) is 4.68 Å². The van der Waals surface area contributed by atoms with Crippen LogP contribution in [0.1, 0.15) is 81.0 Å². The number of amides is 1. The molecule has 5 aliphatic carbocycles. The van der Waals surface area contributed by atoms with E-state index >= 15 is 0 Å². The zero-order valence-electron chi connectivity index (χ0n) is 17.9. The van der Waals surface area contributed by atoms with Crippen molar-refractivity contribution in [1.29, 1.82) is 5.26 Å². The number of ether oxygens (including phenoxy) is 1. The molecule has 0 spiro atoms. The topological polar surface area (TPSA) is 79.9 Å². The van der Waals surface area contributed by atoms with Crippen molar-refractivity contribution in [2.24, 2.45) is 29.6 Å². The molecule has 0 radical (unpaired) electrons. The lowest BCUT2D eigenvalue weighted by Crippen LogP contribution is -2.55. The van der Waals surface area contributed by atoms with Crippen LogP contribution in [0.5, 0.6) is 5.88 Å². The fraction of sp³-hybridized carbons (Fsp3) is 0.792. The largest absolute Gasteiger partial charge is 0.477 e. The average molecular weight is 411 g/mol. The molecule has 1 N–H and O–H groups in total. The Kier molecular flexibility index (Phi) is 5.71. The summed E-state index contributed by atoms with van der Waals surface area (Å²) in [6, 6.07) is 2.48. The van der Waals surface area contributed by atoms with Crippen molar-refractivity contribution in [1.82, 2.24) is 15.1 Å². The molecule has 5 aliphatic rings. The lowest BCUT2D eigenvalue weighted by Gasteiger charge is -2.54. The molecule has 0 aromatic carbocycles. The van der Waals surface area contributed by atoms with E-state index in [4.69, 9.17) is 10.00 Å². The van der Waals surface area contributed by atoms with Crippen molar-refractivity contribution in [3.05, 3.63) is 11.8 Å². The monoisotopic (exact) mass is 410 g/mol. The second-order valence-corrected chi connectivity index (χ2v) is 10.2. The van der Waals surface area contributed by atoms with Crippen LogP contribution in [-0.2, 0) is 6.54 Å². The van der Waals surface area contributed by atoms with Crippen LogP contribution in [0.4, 0.5) is 0 Å². The fourth-order valence-corrected chi connectivity index (χ4v) is 6.94. The third-order valence-electron chi connectivity index (χ3n) is 8.18. The van der Waals surface area contributed by atoms with E-state index in [9.17, 15) is 4.79 Å². The quantitative estimate of drug-likeness (QED) is 0.726. The van der Waals surface area contributed by atoms with E-state index in [1.807, 2.05) is 0 Å². The maximum Gasteiger partial charge on any atom is 0.258 e. The summed E-state index contributed by atoms with van der Waals surface area (Å²) in [5.74, 6) is 4.13. The van der Waals surface area contributed by atoms with Gasteiger partial charge < -0.3 is 10.1 Å². The zero-order valence-corrected chi connectivity index (χ0v) is 17.9. The average Bonchev–Trinajstić information content (AvgIpc) is 3.16. The van der Waals surface area contributed by atoms with Crippen molar-refractivity contribution < 1.29 is 9.53 Å². The molecule has 4 bridgehead atoms. The minimum absolute atomic E-state index is 0.0469. The Morgan fingerprint density at radius 1 is 1.13 bits per heavy atom. The summed E-state index contributed by atoms with van der Waals surface area (Å²) < 4.78 is 7.91. The summed E-state index contributed by atoms with van der Waals surface area (Å²) in [5, 5.41) is 16.8. The third kappa shape index (κ3) is 3.96. The van der Waals surface area contributed by atoms with Gasteiger partial charge in [0.2, 0.25) is 5.88 Å². The second-order valence-electron chi connectivity index (χ2n) is 10.2. The van der Waals surface area contributed by atoms with Gasteiger partial charge in [-0.05, 0) is 74.5 Å². The predicted molar refractivity (Wildman–Crippen MR) is 113 cm³/mol. The molecule has 0 atom stereocenters. The Bertz CT molecular complexity index is 777. The Hall–Kier alpha value is -2.03. The van der Waals surface area contributed by atoms with Crippen LogP contribution >= 0.6 is 0 Å². The third-order valence-corrected chi connectivity index (χ3v) is 8.18. The van der Waals surface area contributed by atoms with Gasteiger partial charge in [0.15, 0.2) is 0 Å². The van der Waals surface area contributed by atoms with E-state index in [0.717, 1.165) is 11.8 Å². The number of hydrogen-bond donors (Lipinski definition) is 1. The number of rotatable bonds is 7. The van der Waals surface area contributed by atoms with E-state index in [1.165, 1.54) is 64.2 Å². The van der Waals surface area contributed by atoms with Crippen molar-refractivity contribution >= 4 is 5.91 Å². The van der Waals surface area contributed by atoms with Crippen molar-refractivity contribution in [3.8, 4) is 11.9 Å². The maximum absolute atomic E-state index is 13.3. The highest BCUT2D eigenvalue weighted by Crippen LogP contribution is 2.53. The van der Waals surface area contributed by atoms with Crippen LogP contribution in [0.25, 0.3) is 0 Å². The minimum atomic E-state index is -0.0469. The second kappa shape index (κ2) is 8.61. The molecule has 0 unspecified atom stereocenters. The molecule has 6 rings (SSSR count). The van der Waals surface area contributed by atoms with Gasteiger partial charge in [-0.1, -0.05) is 19.3 Å². The fourth-order valence-electron chi connectivity index (χ4n) is 6.94. The number of nitriles is 1. The number of aryl methyl sites for hydroxylation is 1. The van der Waals surface area contributed by atoms with Crippen molar-refractivity contribution in [3.63, 3.8) is 0 Å². The minimum Gasteiger partial charge on any atom is -0.477 e. The first-order valence-electron chi connectivity index (χ1n) is 12.1. The molecule has 1 amide bonds. The van der Waals surface area contributed by atoms with Gasteiger partial charge in [-0.3, -0.25) is 4.79 Å². The molecule has 5 fully saturated rings. The van der Waals surface area contributed by atoms with Crippen LogP contribution in [0, 0.1) is 40.9 Å². The van der Waals surface area contributed by atoms with Crippen LogP contribution in [0.2, 0.25) is 0 Å². The number of carbonyl (C=O) groups excluding carboxylic acids is 1. The normalized spacial score (nSPS) is 32.7. The molecule has 0 aliphatic heterocycles. The van der Waals surface area contributed by atoms with Gasteiger partial charge >= 0.3 is 0 Å². The summed E-state index contributed by atoms with van der Waals surface area (Å²) in [6.45, 7) is 1.10. The smallest absolute Gasteiger partial charge is 0.258 e. The standard InChI is InChI=1S/C24H34N4O2/c25-7-4-8-28-24(30-15-16-5-2-1-3-6-16)21(14-26-28)23(29)27-22-19-10-17-9-18(12-19)13-20(22)11-17/h14,16-20,22H,1-6,8-13,15H2,(H,27,29). The van der Waals surface area contributed by atoms with Gasteiger partial charge in [0.25, 0.3) is 5.91 Å². The van der Waals surface area contributed by atoms with E-state index < -0.39 is 0 Å². The zero-order chi connectivity index (χ0) is 20.5. The molecule has 0 saturated heterocycles. The number of hydrogen-bond acceptors (Lipinski definition) is 4. The number of carbonyl (C=O) groups is 1. The SMILES string of the molecule is N#CCCn1ncc(C(=O)NC2C3CC4CC(C3)CC2C4)c1OCC1CCCCC1. The van der Waals surface area contributed by atoms with Gasteiger partial charge in [0, 0.05) is 6.04 Å². The molecule has 1 heterocycles. The Labute approximate surface area is 179 Å². The number of nitrogens with one attached hydrogen (secondary N) is 1. The van der Waals surface area contributed by atoms with E-state index in [-0.39, 0.29) is 5.91 Å². The van der Waals surface area contributed by atoms with E-state index in [2.05, 4.69) is 16.5 Å². The summed E-state index contributed by atoms with van der Waals surface area (Å²) >= 11 is 0. The molecule has 30 heavy (non-hydrogen) atoms. The first-order chi connectivity index (χ1) is 14.7. The highest BCUT2D eigenvalue weighted by atomic mass is 16.5. The number of aromatic nitrogens is 2. The van der Waals surface area contributed by atoms with Gasteiger partial charge in [0.05, 0.1) is 31.8 Å². The predicted octanol–water partition coefficient (Wildman–Crippen LogP) is 4.31. The summed E-state index contributed by atoms with van der Waals surface area (Å²) in [7, 11) is 0. The Morgan fingerprint density at radius 3 is 2.50 bits per heavy atom. The number of nitrogens with zero attached hydrogens (tertiary/aromatic N) is 3. The van der Waals surface area contributed by atoms with Gasteiger partial charge in [-0.2, -0.15) is 10.4 Å². The lowest BCUT2D eigenvalue weighted by molar-refractivity contribution is -0.0120. The summed E-state index contributed by atoms with van der Waals surface area (Å²) in [4.78, 5) is 13.3. The molecule has 162 valence electrons. The molecular formula is C24H34N4O2. The first-order valence-corrected chi connectivity index (χ1v) is 12.1. The van der Waals surface area contributed by atoms with Crippen LogP contribution in [-0.4, -0.2) is 28.3 Å². The van der Waals surface area contributed by atoms with Crippen LogP contribution in [0.3, 0.4) is 0 Å². The van der Waals surface area contributed by atoms with Crippen LogP contribution < -0.4 is 10.1 Å². The summed E-state index contributed by atoms with van der Waals surface area (Å²) in [6.07, 6.45) is 14.8. The molecular weight excluding hydrogens is 376 g/mol. The van der Waals surface area contributed by atoms with Crippen LogP contribution in [0.15, 0.2) is 6.20 Å². The van der Waals surface area contributed by atoms with Gasteiger partial charge in [-0.15, -0.1) is 0 Å². The molecule has 6 heteroatoms. The molecule has 1 aromatic heterocycles. The lowest BCUT2D eigenvalue weighted by atomic mass is 9.54.